The highest BCUT2D eigenvalue weighted by Gasteiger charge is 2.28. The Balaban J connectivity index is 1.31. The maximum atomic E-state index is 13.7. The van der Waals surface area contributed by atoms with E-state index in [0.29, 0.717) is 47.4 Å². The number of ether oxygens (including phenoxy) is 2. The van der Waals surface area contributed by atoms with Crippen molar-refractivity contribution < 1.29 is 28.3 Å². The van der Waals surface area contributed by atoms with Crippen LogP contribution in [0.3, 0.4) is 0 Å². The van der Waals surface area contributed by atoms with Gasteiger partial charge in [0.15, 0.2) is 11.5 Å². The number of nitrogens with zero attached hydrogens (tertiary/aromatic N) is 4. The van der Waals surface area contributed by atoms with Gasteiger partial charge in [-0.05, 0) is 62.1 Å². The summed E-state index contributed by atoms with van der Waals surface area (Å²) in [6.07, 6.45) is 0.476. The van der Waals surface area contributed by atoms with Crippen molar-refractivity contribution in [1.82, 2.24) is 25.4 Å². The summed E-state index contributed by atoms with van der Waals surface area (Å²) in [5.41, 5.74) is 3.69. The number of carbonyl (C=O) groups excluding carboxylic acids is 3. The molecular formula is C35H46N6O6. The minimum absolute atomic E-state index is 0.133. The van der Waals surface area contributed by atoms with E-state index in [1.54, 1.807) is 31.1 Å². The van der Waals surface area contributed by atoms with Crippen molar-refractivity contribution in [3.05, 3.63) is 59.5 Å². The summed E-state index contributed by atoms with van der Waals surface area (Å²) in [5, 5.41) is 5.76. The van der Waals surface area contributed by atoms with Crippen molar-refractivity contribution >= 4 is 23.4 Å². The van der Waals surface area contributed by atoms with Gasteiger partial charge >= 0.3 is 0 Å². The predicted molar refractivity (Wildman–Crippen MR) is 178 cm³/mol. The first-order valence-corrected chi connectivity index (χ1v) is 16.3. The van der Waals surface area contributed by atoms with Crippen LogP contribution in [0.15, 0.2) is 46.9 Å². The highest BCUT2D eigenvalue weighted by atomic mass is 16.5. The third-order valence-electron chi connectivity index (χ3n) is 8.61. The number of rotatable bonds is 5. The van der Waals surface area contributed by atoms with E-state index in [1.165, 1.54) is 11.3 Å². The monoisotopic (exact) mass is 646 g/mol. The molecule has 2 aliphatic rings. The number of anilines is 1. The molecular weight excluding hydrogens is 600 g/mol. The molecule has 0 spiro atoms. The second kappa shape index (κ2) is 15.3. The second-order valence-corrected chi connectivity index (χ2v) is 12.5. The number of nitrogens with one attached hydrogen (secondary N) is 2. The van der Waals surface area contributed by atoms with E-state index < -0.39 is 11.9 Å². The van der Waals surface area contributed by atoms with Crippen LogP contribution in [0.2, 0.25) is 0 Å². The van der Waals surface area contributed by atoms with Crippen molar-refractivity contribution in [3.63, 3.8) is 0 Å². The van der Waals surface area contributed by atoms with Gasteiger partial charge in [-0.1, -0.05) is 26.0 Å². The molecule has 1 fully saturated rings. The maximum absolute atomic E-state index is 13.7. The zero-order valence-corrected chi connectivity index (χ0v) is 28.0. The summed E-state index contributed by atoms with van der Waals surface area (Å²) in [4.78, 5) is 50.9. The molecule has 47 heavy (non-hydrogen) atoms. The number of benzene rings is 2. The molecule has 2 aromatic carbocycles. The Kier molecular flexibility index (Phi) is 11.0. The summed E-state index contributed by atoms with van der Waals surface area (Å²) < 4.78 is 17.6. The molecule has 3 heterocycles. The number of fused-ring (bicyclic) bond motifs is 5. The van der Waals surface area contributed by atoms with Crippen LogP contribution in [-0.2, 0) is 20.9 Å². The number of methoxy groups -OCH3 is 1. The SMILES string of the molecule is COc1ccc2cc1OCCCN(C(=O)CN1CCN(c3cccc(C)c3)CC1)CC(=O)N[C@@H](C(C)C)C(=O)NCc1nc-2oc1C. The molecule has 4 bridgehead atoms. The van der Waals surface area contributed by atoms with Gasteiger partial charge in [0.2, 0.25) is 23.6 Å². The highest BCUT2D eigenvalue weighted by Crippen LogP contribution is 2.33. The smallest absolute Gasteiger partial charge is 0.243 e. The van der Waals surface area contributed by atoms with Crippen LogP contribution < -0.4 is 25.0 Å². The number of hydrogen-bond acceptors (Lipinski definition) is 9. The molecule has 0 saturated carbocycles. The second-order valence-electron chi connectivity index (χ2n) is 12.5. The number of aryl methyl sites for hydroxylation is 2. The summed E-state index contributed by atoms with van der Waals surface area (Å²) in [7, 11) is 1.57. The molecule has 3 aromatic rings. The molecule has 12 heteroatoms. The van der Waals surface area contributed by atoms with Gasteiger partial charge in [-0.25, -0.2) is 4.98 Å². The molecule has 1 saturated heterocycles. The van der Waals surface area contributed by atoms with Crippen LogP contribution in [0.5, 0.6) is 11.5 Å². The standard InChI is InChI=1S/C35H46N6O6/c1-23(2)33-34(44)36-20-28-25(4)47-35(37-28)26-10-11-29(45-5)30(19-26)46-17-7-12-41(21-31(42)38-33)32(43)22-39-13-15-40(16-14-39)27-9-6-8-24(3)18-27/h6,8-11,18-19,23,33H,7,12-17,20-22H2,1-5H3,(H,36,44)(H,38,42)/t33-/m0/s1. The summed E-state index contributed by atoms with van der Waals surface area (Å²) >= 11 is 0. The number of hydrogen-bond donors (Lipinski definition) is 2. The first kappa shape index (κ1) is 33.8. The summed E-state index contributed by atoms with van der Waals surface area (Å²) in [6.45, 7) is 11.5. The fourth-order valence-corrected chi connectivity index (χ4v) is 5.86. The van der Waals surface area contributed by atoms with Gasteiger partial charge in [-0.15, -0.1) is 0 Å². The van der Waals surface area contributed by atoms with Gasteiger partial charge in [0, 0.05) is 44.0 Å². The highest BCUT2D eigenvalue weighted by molar-refractivity contribution is 5.90. The number of amides is 3. The maximum Gasteiger partial charge on any atom is 0.243 e. The van der Waals surface area contributed by atoms with Crippen molar-refractivity contribution in [2.75, 3.05) is 64.4 Å². The van der Waals surface area contributed by atoms with Crippen molar-refractivity contribution in [1.29, 1.82) is 0 Å². The molecule has 1 aromatic heterocycles. The van der Waals surface area contributed by atoms with Gasteiger partial charge in [0.1, 0.15) is 17.5 Å². The largest absolute Gasteiger partial charge is 0.493 e. The van der Waals surface area contributed by atoms with E-state index in [1.807, 2.05) is 19.9 Å². The first-order chi connectivity index (χ1) is 22.6. The molecule has 252 valence electrons. The van der Waals surface area contributed by atoms with Crippen LogP contribution in [-0.4, -0.2) is 98.1 Å². The summed E-state index contributed by atoms with van der Waals surface area (Å²) in [6, 6.07) is 13.1. The minimum atomic E-state index is -0.785. The lowest BCUT2D eigenvalue weighted by Crippen LogP contribution is -2.54. The quantitative estimate of drug-likeness (QED) is 0.430. The Bertz CT molecular complexity index is 1560. The lowest BCUT2D eigenvalue weighted by molar-refractivity contribution is -0.138. The van der Waals surface area contributed by atoms with Crippen molar-refractivity contribution in [2.45, 2.75) is 46.7 Å². The first-order valence-electron chi connectivity index (χ1n) is 16.3. The average molecular weight is 647 g/mol. The summed E-state index contributed by atoms with van der Waals surface area (Å²) in [5.74, 6) is 0.986. The van der Waals surface area contributed by atoms with Crippen molar-refractivity contribution in [3.8, 4) is 23.0 Å². The molecule has 1 atom stereocenters. The zero-order chi connectivity index (χ0) is 33.5. The van der Waals surface area contributed by atoms with Gasteiger partial charge in [-0.2, -0.15) is 0 Å². The van der Waals surface area contributed by atoms with E-state index in [0.717, 1.165) is 26.2 Å². The van der Waals surface area contributed by atoms with Crippen molar-refractivity contribution in [2.24, 2.45) is 5.92 Å². The molecule has 2 aliphatic heterocycles. The van der Waals surface area contributed by atoms with Crippen LogP contribution >= 0.6 is 0 Å². The van der Waals surface area contributed by atoms with E-state index >= 15 is 0 Å². The Labute approximate surface area is 276 Å². The minimum Gasteiger partial charge on any atom is -0.493 e. The van der Waals surface area contributed by atoms with Gasteiger partial charge in [-0.3, -0.25) is 19.3 Å². The Morgan fingerprint density at radius 2 is 1.85 bits per heavy atom. The average Bonchev–Trinajstić information content (AvgIpc) is 3.43. The molecule has 12 nitrogen and oxygen atoms in total. The Hall–Kier alpha value is -4.58. The lowest BCUT2D eigenvalue weighted by atomic mass is 10.0. The number of carbonyl (C=O) groups is 3. The third kappa shape index (κ3) is 8.62. The molecule has 2 N–H and O–H groups in total. The third-order valence-corrected chi connectivity index (χ3v) is 8.61. The Morgan fingerprint density at radius 3 is 2.57 bits per heavy atom. The van der Waals surface area contributed by atoms with E-state index in [4.69, 9.17) is 13.9 Å². The van der Waals surface area contributed by atoms with E-state index in [-0.39, 0.29) is 44.0 Å². The van der Waals surface area contributed by atoms with Crippen LogP contribution in [0.1, 0.15) is 37.3 Å². The van der Waals surface area contributed by atoms with E-state index in [9.17, 15) is 14.4 Å². The molecule has 3 amide bonds. The molecule has 5 rings (SSSR count). The van der Waals surface area contributed by atoms with Crippen LogP contribution in [0, 0.1) is 19.8 Å². The molecule has 0 aliphatic carbocycles. The zero-order valence-electron chi connectivity index (χ0n) is 28.0. The fourth-order valence-electron chi connectivity index (χ4n) is 5.86. The topological polar surface area (TPSA) is 129 Å². The lowest BCUT2D eigenvalue weighted by Gasteiger charge is -2.36. The fraction of sp³-hybridized carbons (Fsp3) is 0.486. The van der Waals surface area contributed by atoms with Gasteiger partial charge < -0.3 is 34.3 Å². The Morgan fingerprint density at radius 1 is 1.06 bits per heavy atom. The number of aromatic nitrogens is 1. The van der Waals surface area contributed by atoms with Gasteiger partial charge in [0.25, 0.3) is 0 Å². The van der Waals surface area contributed by atoms with Gasteiger partial charge in [0.05, 0.1) is 33.4 Å². The molecule has 0 unspecified atom stereocenters. The van der Waals surface area contributed by atoms with E-state index in [2.05, 4.69) is 56.6 Å². The van der Waals surface area contributed by atoms with Crippen LogP contribution in [0.25, 0.3) is 11.5 Å². The number of oxazole rings is 1. The number of piperazine rings is 1. The normalized spacial score (nSPS) is 18.6. The van der Waals surface area contributed by atoms with Crippen LogP contribution in [0.4, 0.5) is 5.69 Å². The predicted octanol–water partition coefficient (Wildman–Crippen LogP) is 3.16. The molecule has 0 radical (unpaired) electrons.